The van der Waals surface area contributed by atoms with E-state index in [1.807, 2.05) is 0 Å². The highest BCUT2D eigenvalue weighted by molar-refractivity contribution is 5.91. The fourth-order valence-electron chi connectivity index (χ4n) is 5.58. The summed E-state index contributed by atoms with van der Waals surface area (Å²) in [5.41, 5.74) is 2.21. The van der Waals surface area contributed by atoms with E-state index in [1.54, 1.807) is 4.90 Å². The van der Waals surface area contributed by atoms with Gasteiger partial charge in [0.05, 0.1) is 45.8 Å². The Morgan fingerprint density at radius 3 is 2.43 bits per heavy atom. The van der Waals surface area contributed by atoms with Crippen LogP contribution in [-0.2, 0) is 4.79 Å². The Balaban J connectivity index is 1.24. The molecule has 1 aromatic carbocycles. The minimum atomic E-state index is 0.164. The van der Waals surface area contributed by atoms with E-state index in [4.69, 9.17) is 0 Å². The van der Waals surface area contributed by atoms with Gasteiger partial charge in [-0.05, 0) is 56.4 Å². The highest BCUT2D eigenvalue weighted by atomic mass is 16.2. The molecule has 0 spiro atoms. The van der Waals surface area contributed by atoms with Gasteiger partial charge in [-0.3, -0.25) is 4.79 Å². The van der Waals surface area contributed by atoms with Crippen molar-refractivity contribution in [1.82, 2.24) is 0 Å². The molecule has 0 radical (unpaired) electrons. The van der Waals surface area contributed by atoms with Gasteiger partial charge in [-0.2, -0.15) is 0 Å². The van der Waals surface area contributed by atoms with Gasteiger partial charge in [0.1, 0.15) is 0 Å². The van der Waals surface area contributed by atoms with E-state index in [2.05, 4.69) is 41.4 Å². The summed E-state index contributed by atoms with van der Waals surface area (Å²) in [7, 11) is 0. The van der Waals surface area contributed by atoms with Crippen molar-refractivity contribution >= 4 is 17.3 Å². The molecule has 154 valence electrons. The predicted molar refractivity (Wildman–Crippen MR) is 114 cm³/mol. The topological polar surface area (TPSA) is 41.2 Å². The molecule has 3 N–H and O–H groups in total. The molecule has 2 aliphatic heterocycles. The van der Waals surface area contributed by atoms with Gasteiger partial charge in [-0.1, -0.05) is 12.8 Å². The molecule has 3 atom stereocenters. The van der Waals surface area contributed by atoms with E-state index < -0.39 is 0 Å². The molecule has 5 nitrogen and oxygen atoms in total. The van der Waals surface area contributed by atoms with Crippen molar-refractivity contribution in [3.63, 3.8) is 0 Å². The van der Waals surface area contributed by atoms with Gasteiger partial charge in [-0.25, -0.2) is 0 Å². The number of hydrogen-bond acceptors (Lipinski definition) is 2. The maximum absolute atomic E-state index is 12.6. The molecule has 3 aliphatic rings. The average molecular weight is 387 g/mol. The fourth-order valence-corrected chi connectivity index (χ4v) is 5.58. The van der Waals surface area contributed by atoms with Crippen LogP contribution in [0.5, 0.6) is 0 Å². The second-order valence-corrected chi connectivity index (χ2v) is 9.16. The third kappa shape index (κ3) is 4.87. The number of likely N-dealkylation sites (tertiary alicyclic amines) is 1. The van der Waals surface area contributed by atoms with E-state index >= 15 is 0 Å². The van der Waals surface area contributed by atoms with Crippen LogP contribution in [0.15, 0.2) is 24.3 Å². The third-order valence-electron chi connectivity index (χ3n) is 7.38. The lowest BCUT2D eigenvalue weighted by Gasteiger charge is -2.38. The molecule has 1 aromatic rings. The van der Waals surface area contributed by atoms with Crippen molar-refractivity contribution < 1.29 is 14.6 Å². The summed E-state index contributed by atoms with van der Waals surface area (Å²) in [6.07, 6.45) is 6.93. The molecule has 1 aliphatic carbocycles. The highest BCUT2D eigenvalue weighted by Gasteiger charge is 2.34. The van der Waals surface area contributed by atoms with Crippen molar-refractivity contribution in [2.24, 2.45) is 11.8 Å². The number of rotatable bonds is 5. The van der Waals surface area contributed by atoms with Crippen LogP contribution in [0.1, 0.15) is 39.0 Å². The van der Waals surface area contributed by atoms with Gasteiger partial charge >= 0.3 is 0 Å². The van der Waals surface area contributed by atoms with E-state index in [0.717, 1.165) is 30.6 Å². The molecule has 1 saturated carbocycles. The molecule has 2 saturated heterocycles. The lowest BCUT2D eigenvalue weighted by atomic mass is 9.75. The standard InChI is InChI=1S/C23H36N4O/c1-2-25-13-15-27(16-14-25)22-9-7-21(8-10-22)24-23(28)18-26-12-11-19-5-3-4-6-20(19)17-26/h7-10,19-20H,2-6,11-18H2,1H3,(H,24,28)/p+2/t19-,20+/m0/s1. The van der Waals surface area contributed by atoms with Crippen molar-refractivity contribution in [2.45, 2.75) is 39.0 Å². The number of carbonyl (C=O) groups excluding carboxylic acids is 1. The van der Waals surface area contributed by atoms with Crippen LogP contribution >= 0.6 is 0 Å². The number of nitrogens with zero attached hydrogens (tertiary/aromatic N) is 1. The first-order chi connectivity index (χ1) is 13.7. The van der Waals surface area contributed by atoms with Crippen LogP contribution in [0.25, 0.3) is 0 Å². The minimum absolute atomic E-state index is 0.164. The Bertz CT molecular complexity index is 639. The number of quaternary nitrogens is 2. The molecule has 5 heteroatoms. The van der Waals surface area contributed by atoms with Gasteiger partial charge in [-0.15, -0.1) is 0 Å². The van der Waals surface area contributed by atoms with Crippen LogP contribution in [0.2, 0.25) is 0 Å². The fraction of sp³-hybridized carbons (Fsp3) is 0.696. The number of amides is 1. The largest absolute Gasteiger partial charge is 0.360 e. The first-order valence-electron chi connectivity index (χ1n) is 11.5. The summed E-state index contributed by atoms with van der Waals surface area (Å²) in [5, 5.41) is 3.13. The Morgan fingerprint density at radius 2 is 1.71 bits per heavy atom. The smallest absolute Gasteiger partial charge is 0.279 e. The molecule has 4 rings (SSSR count). The second-order valence-electron chi connectivity index (χ2n) is 9.16. The lowest BCUT2D eigenvalue weighted by Crippen LogP contribution is -3.15. The molecular formula is C23H38N4O+2. The van der Waals surface area contributed by atoms with Crippen LogP contribution in [0, 0.1) is 11.8 Å². The van der Waals surface area contributed by atoms with Gasteiger partial charge in [0.25, 0.3) is 5.91 Å². The monoisotopic (exact) mass is 386 g/mol. The van der Waals surface area contributed by atoms with Crippen molar-refractivity contribution in [2.75, 3.05) is 62.6 Å². The Morgan fingerprint density at radius 1 is 1.00 bits per heavy atom. The van der Waals surface area contributed by atoms with Gasteiger partial charge in [0.15, 0.2) is 6.54 Å². The number of carbonyl (C=O) groups is 1. The number of benzene rings is 1. The SMILES string of the molecule is CC[NH+]1CCN(c2ccc(NC(=O)C[NH+]3CC[C@@H]4CCCC[C@@H]4C3)cc2)CC1. The molecular weight excluding hydrogens is 348 g/mol. The zero-order valence-electron chi connectivity index (χ0n) is 17.5. The predicted octanol–water partition coefficient (Wildman–Crippen LogP) is 0.445. The van der Waals surface area contributed by atoms with E-state index in [9.17, 15) is 4.79 Å². The minimum Gasteiger partial charge on any atom is -0.360 e. The van der Waals surface area contributed by atoms with Gasteiger partial charge in [0, 0.05) is 17.3 Å². The molecule has 28 heavy (non-hydrogen) atoms. The normalized spacial score (nSPS) is 28.6. The number of hydrogen-bond donors (Lipinski definition) is 3. The highest BCUT2D eigenvalue weighted by Crippen LogP contribution is 2.32. The summed E-state index contributed by atoms with van der Waals surface area (Å²) in [6, 6.07) is 8.45. The average Bonchev–Trinajstić information content (AvgIpc) is 2.74. The summed E-state index contributed by atoms with van der Waals surface area (Å²) >= 11 is 0. The van der Waals surface area contributed by atoms with Crippen LogP contribution in [0.3, 0.4) is 0 Å². The number of piperazine rings is 1. The third-order valence-corrected chi connectivity index (χ3v) is 7.38. The maximum atomic E-state index is 12.6. The quantitative estimate of drug-likeness (QED) is 0.688. The zero-order valence-corrected chi connectivity index (χ0v) is 17.5. The first kappa shape index (κ1) is 19.7. The molecule has 2 heterocycles. The number of piperidine rings is 1. The maximum Gasteiger partial charge on any atom is 0.279 e. The van der Waals surface area contributed by atoms with Crippen molar-refractivity contribution in [1.29, 1.82) is 0 Å². The Labute approximate surface area is 170 Å². The van der Waals surface area contributed by atoms with Crippen LogP contribution < -0.4 is 20.0 Å². The lowest BCUT2D eigenvalue weighted by molar-refractivity contribution is -0.902. The molecule has 0 aromatic heterocycles. The van der Waals surface area contributed by atoms with Gasteiger partial charge in [0.2, 0.25) is 0 Å². The second kappa shape index (κ2) is 9.27. The number of fused-ring (bicyclic) bond motifs is 1. The number of anilines is 2. The molecule has 1 amide bonds. The zero-order chi connectivity index (χ0) is 19.3. The summed E-state index contributed by atoms with van der Waals surface area (Å²) in [5.74, 6) is 1.96. The molecule has 3 fully saturated rings. The van der Waals surface area contributed by atoms with Crippen molar-refractivity contribution in [3.8, 4) is 0 Å². The summed E-state index contributed by atoms with van der Waals surface area (Å²) in [4.78, 5) is 18.2. The van der Waals surface area contributed by atoms with E-state index in [-0.39, 0.29) is 5.91 Å². The van der Waals surface area contributed by atoms with Crippen LogP contribution in [0.4, 0.5) is 11.4 Å². The van der Waals surface area contributed by atoms with E-state index in [1.165, 1.54) is 75.4 Å². The number of likely N-dealkylation sites (N-methyl/N-ethyl adjacent to an activating group) is 1. The Kier molecular flexibility index (Phi) is 6.53. The number of nitrogens with one attached hydrogen (secondary N) is 3. The van der Waals surface area contributed by atoms with Crippen LogP contribution in [-0.4, -0.2) is 58.3 Å². The van der Waals surface area contributed by atoms with E-state index in [0.29, 0.717) is 6.54 Å². The Hall–Kier alpha value is -1.59. The van der Waals surface area contributed by atoms with Gasteiger partial charge < -0.3 is 20.0 Å². The first-order valence-corrected chi connectivity index (χ1v) is 11.5. The molecule has 1 unspecified atom stereocenters. The summed E-state index contributed by atoms with van der Waals surface area (Å²) < 4.78 is 0. The summed E-state index contributed by atoms with van der Waals surface area (Å²) in [6.45, 7) is 11.1. The van der Waals surface area contributed by atoms with Crippen molar-refractivity contribution in [3.05, 3.63) is 24.3 Å². The molecule has 0 bridgehead atoms.